The van der Waals surface area contributed by atoms with Crippen LogP contribution in [0.1, 0.15) is 20.0 Å². The van der Waals surface area contributed by atoms with Crippen molar-refractivity contribution in [3.05, 3.63) is 50.6 Å². The van der Waals surface area contributed by atoms with Crippen molar-refractivity contribution in [1.29, 1.82) is 0 Å². The van der Waals surface area contributed by atoms with E-state index in [0.29, 0.717) is 4.88 Å². The van der Waals surface area contributed by atoms with Gasteiger partial charge < -0.3 is 4.74 Å². The summed E-state index contributed by atoms with van der Waals surface area (Å²) in [5, 5.41) is 0. The molecule has 0 radical (unpaired) electrons. The summed E-state index contributed by atoms with van der Waals surface area (Å²) >= 11 is 4.47. The fourth-order valence-corrected chi connectivity index (χ4v) is 3.89. The largest absolute Gasteiger partial charge is 0.454 e. The molecule has 1 aromatic heterocycles. The number of halogens is 1. The van der Waals surface area contributed by atoms with Gasteiger partial charge in [-0.05, 0) is 40.2 Å². The second kappa shape index (κ2) is 6.72. The molecule has 0 aliphatic rings. The third kappa shape index (κ3) is 4.02. The lowest BCUT2D eigenvalue weighted by atomic mass is 10.2. The number of ketones is 1. The Labute approximate surface area is 140 Å². The van der Waals surface area contributed by atoms with Crippen LogP contribution in [-0.4, -0.2) is 33.0 Å². The third-order valence-electron chi connectivity index (χ3n) is 2.69. The van der Waals surface area contributed by atoms with E-state index in [0.717, 1.165) is 10.0 Å². The first-order valence-corrected chi connectivity index (χ1v) is 9.54. The molecule has 1 aromatic carbocycles. The standard InChI is InChI=1S/C14H11BrO5S2/c1-22(18,19)12-5-3-2-4-9(12)14(17)20-8-10(16)11-6-7-13(15)21-11/h2-7H,8H2,1H3. The molecule has 0 bridgehead atoms. The Morgan fingerprint density at radius 2 is 1.86 bits per heavy atom. The lowest BCUT2D eigenvalue weighted by Gasteiger charge is -2.07. The third-order valence-corrected chi connectivity index (χ3v) is 5.51. The molecule has 5 nitrogen and oxygen atoms in total. The van der Waals surface area contributed by atoms with E-state index in [-0.39, 0.29) is 16.2 Å². The van der Waals surface area contributed by atoms with Crippen molar-refractivity contribution in [3.63, 3.8) is 0 Å². The van der Waals surface area contributed by atoms with Gasteiger partial charge in [0, 0.05) is 6.26 Å². The van der Waals surface area contributed by atoms with Crippen molar-refractivity contribution >= 4 is 48.9 Å². The molecule has 0 aliphatic carbocycles. The number of thiophene rings is 1. The average molecular weight is 403 g/mol. The van der Waals surface area contributed by atoms with E-state index < -0.39 is 22.4 Å². The second-order valence-electron chi connectivity index (χ2n) is 4.37. The molecule has 0 spiro atoms. The summed E-state index contributed by atoms with van der Waals surface area (Å²) in [6, 6.07) is 9.06. The number of hydrogen-bond acceptors (Lipinski definition) is 6. The first-order chi connectivity index (χ1) is 10.3. The van der Waals surface area contributed by atoms with Gasteiger partial charge in [0.25, 0.3) is 0 Å². The molecule has 1 heterocycles. The first kappa shape index (κ1) is 16.9. The predicted octanol–water partition coefficient (Wildman–Crippen LogP) is 2.95. The fourth-order valence-electron chi connectivity index (χ4n) is 1.70. The highest BCUT2D eigenvalue weighted by Crippen LogP contribution is 2.22. The molecule has 0 atom stereocenters. The SMILES string of the molecule is CS(=O)(=O)c1ccccc1C(=O)OCC(=O)c1ccc(Br)s1. The van der Waals surface area contributed by atoms with Crippen LogP contribution in [0.25, 0.3) is 0 Å². The van der Waals surface area contributed by atoms with Crippen LogP contribution in [0.4, 0.5) is 0 Å². The van der Waals surface area contributed by atoms with E-state index in [1.54, 1.807) is 12.1 Å². The highest BCUT2D eigenvalue weighted by atomic mass is 79.9. The molecule has 2 aromatic rings. The first-order valence-electron chi connectivity index (χ1n) is 6.04. The second-order valence-corrected chi connectivity index (χ2v) is 8.82. The van der Waals surface area contributed by atoms with Crippen molar-refractivity contribution < 1.29 is 22.7 Å². The number of rotatable bonds is 5. The van der Waals surface area contributed by atoms with Crippen LogP contribution in [0.2, 0.25) is 0 Å². The number of carbonyl (C=O) groups excluding carboxylic acids is 2. The molecular weight excluding hydrogens is 392 g/mol. The van der Waals surface area contributed by atoms with Crippen molar-refractivity contribution in [2.75, 3.05) is 12.9 Å². The van der Waals surface area contributed by atoms with Crippen LogP contribution in [0, 0.1) is 0 Å². The number of ether oxygens (including phenoxy) is 1. The lowest BCUT2D eigenvalue weighted by molar-refractivity contribution is 0.0472. The highest BCUT2D eigenvalue weighted by molar-refractivity contribution is 9.11. The number of carbonyl (C=O) groups is 2. The van der Waals surface area contributed by atoms with Gasteiger partial charge in [-0.3, -0.25) is 4.79 Å². The monoisotopic (exact) mass is 402 g/mol. The molecule has 8 heteroatoms. The normalized spacial score (nSPS) is 11.2. The molecule has 0 aliphatic heterocycles. The maximum atomic E-state index is 12.0. The molecule has 22 heavy (non-hydrogen) atoms. The zero-order chi connectivity index (χ0) is 16.3. The van der Waals surface area contributed by atoms with Crippen LogP contribution >= 0.6 is 27.3 Å². The number of Topliss-reactive ketones (excluding diaryl/α,β-unsaturated/α-hetero) is 1. The van der Waals surface area contributed by atoms with E-state index >= 15 is 0 Å². The minimum absolute atomic E-state index is 0.0786. The summed E-state index contributed by atoms with van der Waals surface area (Å²) in [4.78, 5) is 24.2. The number of hydrogen-bond donors (Lipinski definition) is 0. The van der Waals surface area contributed by atoms with Gasteiger partial charge in [0.2, 0.25) is 5.78 Å². The summed E-state index contributed by atoms with van der Waals surface area (Å²) in [5.41, 5.74) is -0.0786. The quantitative estimate of drug-likeness (QED) is 0.567. The van der Waals surface area contributed by atoms with Crippen LogP contribution in [0.15, 0.2) is 45.1 Å². The maximum absolute atomic E-state index is 12.0. The topological polar surface area (TPSA) is 77.5 Å². The Morgan fingerprint density at radius 3 is 2.45 bits per heavy atom. The van der Waals surface area contributed by atoms with Gasteiger partial charge >= 0.3 is 5.97 Å². The molecule has 0 saturated carbocycles. The van der Waals surface area contributed by atoms with E-state index in [2.05, 4.69) is 15.9 Å². The Balaban J connectivity index is 2.12. The minimum atomic E-state index is -3.56. The van der Waals surface area contributed by atoms with E-state index in [1.807, 2.05) is 0 Å². The van der Waals surface area contributed by atoms with Gasteiger partial charge in [-0.15, -0.1) is 11.3 Å². The number of esters is 1. The van der Waals surface area contributed by atoms with Gasteiger partial charge in [-0.25, -0.2) is 13.2 Å². The van der Waals surface area contributed by atoms with Crippen LogP contribution in [0.3, 0.4) is 0 Å². The van der Waals surface area contributed by atoms with Gasteiger partial charge in [0.15, 0.2) is 16.4 Å². The highest BCUT2D eigenvalue weighted by Gasteiger charge is 2.20. The predicted molar refractivity (Wildman–Crippen MR) is 86.2 cm³/mol. The zero-order valence-electron chi connectivity index (χ0n) is 11.4. The Kier molecular flexibility index (Phi) is 5.15. The molecule has 0 fully saturated rings. The molecule has 0 N–H and O–H groups in total. The van der Waals surface area contributed by atoms with Gasteiger partial charge in [0.1, 0.15) is 0 Å². The fraction of sp³-hybridized carbons (Fsp3) is 0.143. The zero-order valence-corrected chi connectivity index (χ0v) is 14.6. The van der Waals surface area contributed by atoms with Gasteiger partial charge in [0.05, 0.1) is 19.1 Å². The van der Waals surface area contributed by atoms with Gasteiger partial charge in [-0.2, -0.15) is 0 Å². The molecule has 0 unspecified atom stereocenters. The minimum Gasteiger partial charge on any atom is -0.454 e. The number of benzene rings is 1. The molecular formula is C14H11BrO5S2. The lowest BCUT2D eigenvalue weighted by Crippen LogP contribution is -2.16. The smallest absolute Gasteiger partial charge is 0.339 e. The van der Waals surface area contributed by atoms with Crippen LogP contribution in [-0.2, 0) is 14.6 Å². The van der Waals surface area contributed by atoms with Crippen molar-refractivity contribution in [2.45, 2.75) is 4.90 Å². The summed E-state index contributed by atoms with van der Waals surface area (Å²) < 4.78 is 29.0. The molecule has 116 valence electrons. The van der Waals surface area contributed by atoms with E-state index in [9.17, 15) is 18.0 Å². The van der Waals surface area contributed by atoms with E-state index in [4.69, 9.17) is 4.74 Å². The Morgan fingerprint density at radius 1 is 1.18 bits per heavy atom. The van der Waals surface area contributed by atoms with Crippen LogP contribution < -0.4 is 0 Å². The van der Waals surface area contributed by atoms with E-state index in [1.165, 1.54) is 35.6 Å². The summed E-state index contributed by atoms with van der Waals surface area (Å²) in [6.45, 7) is -0.441. The number of sulfone groups is 1. The van der Waals surface area contributed by atoms with Gasteiger partial charge in [-0.1, -0.05) is 12.1 Å². The summed E-state index contributed by atoms with van der Waals surface area (Å²) in [6.07, 6.45) is 1.01. The summed E-state index contributed by atoms with van der Waals surface area (Å²) in [5.74, 6) is -1.19. The molecule has 0 saturated heterocycles. The van der Waals surface area contributed by atoms with Crippen molar-refractivity contribution in [2.24, 2.45) is 0 Å². The molecule has 0 amide bonds. The molecule has 2 rings (SSSR count). The maximum Gasteiger partial charge on any atom is 0.339 e. The van der Waals surface area contributed by atoms with Crippen molar-refractivity contribution in [3.8, 4) is 0 Å². The summed E-state index contributed by atoms with van der Waals surface area (Å²) in [7, 11) is -3.56. The van der Waals surface area contributed by atoms with Crippen molar-refractivity contribution in [1.82, 2.24) is 0 Å². The average Bonchev–Trinajstić information content (AvgIpc) is 2.90. The van der Waals surface area contributed by atoms with Crippen LogP contribution in [0.5, 0.6) is 0 Å². The Hall–Kier alpha value is -1.51. The Bertz CT molecular complexity index is 823.